The maximum Gasteiger partial charge on any atom is 0.251 e. The number of amides is 1. The van der Waals surface area contributed by atoms with Gasteiger partial charge in [0.25, 0.3) is 5.91 Å². The Labute approximate surface area is 154 Å². The summed E-state index contributed by atoms with van der Waals surface area (Å²) in [4.78, 5) is 14.8. The second kappa shape index (κ2) is 9.36. The Balaban J connectivity index is 1.56. The van der Waals surface area contributed by atoms with Gasteiger partial charge in [-0.25, -0.2) is 0 Å². The van der Waals surface area contributed by atoms with Crippen LogP contribution in [0.25, 0.3) is 0 Å². The average Bonchev–Trinajstić information content (AvgIpc) is 2.68. The molecule has 1 aliphatic rings. The molecule has 0 aromatic heterocycles. The maximum absolute atomic E-state index is 12.4. The lowest BCUT2D eigenvalue weighted by Crippen LogP contribution is -2.35. The van der Waals surface area contributed by atoms with Gasteiger partial charge in [-0.2, -0.15) is 0 Å². The normalized spacial score (nSPS) is 14.8. The van der Waals surface area contributed by atoms with Gasteiger partial charge in [0.05, 0.1) is 19.8 Å². The van der Waals surface area contributed by atoms with Crippen LogP contribution in [0.5, 0.6) is 5.75 Å². The molecule has 5 nitrogen and oxygen atoms in total. The highest BCUT2D eigenvalue weighted by Gasteiger charge is 2.11. The summed E-state index contributed by atoms with van der Waals surface area (Å²) in [6.07, 6.45) is 0. The predicted molar refractivity (Wildman–Crippen MR) is 101 cm³/mol. The van der Waals surface area contributed by atoms with E-state index in [2.05, 4.69) is 22.3 Å². The van der Waals surface area contributed by atoms with Crippen molar-refractivity contribution in [1.29, 1.82) is 0 Å². The van der Waals surface area contributed by atoms with E-state index in [1.807, 2.05) is 31.2 Å². The second-order valence-corrected chi connectivity index (χ2v) is 6.35. The number of hydrogen-bond donors (Lipinski definition) is 1. The van der Waals surface area contributed by atoms with Crippen LogP contribution in [0.3, 0.4) is 0 Å². The van der Waals surface area contributed by atoms with E-state index >= 15 is 0 Å². The monoisotopic (exact) mass is 354 g/mol. The Kier molecular flexibility index (Phi) is 6.63. The quantitative estimate of drug-likeness (QED) is 0.831. The van der Waals surface area contributed by atoms with Crippen LogP contribution in [-0.4, -0.2) is 43.7 Å². The maximum atomic E-state index is 12.4. The van der Waals surface area contributed by atoms with Crippen LogP contribution >= 0.6 is 0 Å². The number of rotatable bonds is 7. The first-order chi connectivity index (χ1) is 12.7. The Morgan fingerprint density at radius 2 is 1.88 bits per heavy atom. The Bertz CT molecular complexity index is 727. The van der Waals surface area contributed by atoms with Gasteiger partial charge in [0.2, 0.25) is 0 Å². The first-order valence-electron chi connectivity index (χ1n) is 9.13. The van der Waals surface area contributed by atoms with E-state index in [1.165, 1.54) is 5.56 Å². The summed E-state index contributed by atoms with van der Waals surface area (Å²) >= 11 is 0. The van der Waals surface area contributed by atoms with Crippen molar-refractivity contribution >= 4 is 5.91 Å². The minimum atomic E-state index is -0.0925. The molecule has 0 spiro atoms. The SMILES string of the molecule is CCOc1cccc(C(=O)NCc2cccc(CN3CCOCC3)c2)c1. The highest BCUT2D eigenvalue weighted by atomic mass is 16.5. The predicted octanol–water partition coefficient (Wildman–Crippen LogP) is 2.85. The third-order valence-electron chi connectivity index (χ3n) is 4.36. The fourth-order valence-corrected chi connectivity index (χ4v) is 3.03. The van der Waals surface area contributed by atoms with E-state index < -0.39 is 0 Å². The molecule has 1 fully saturated rings. The summed E-state index contributed by atoms with van der Waals surface area (Å²) in [5.74, 6) is 0.623. The highest BCUT2D eigenvalue weighted by molar-refractivity contribution is 5.94. The fraction of sp³-hybridized carbons (Fsp3) is 0.381. The number of ether oxygens (including phenoxy) is 2. The van der Waals surface area contributed by atoms with Gasteiger partial charge in [-0.1, -0.05) is 30.3 Å². The smallest absolute Gasteiger partial charge is 0.251 e. The molecule has 0 unspecified atom stereocenters. The summed E-state index contributed by atoms with van der Waals surface area (Å²) in [6, 6.07) is 15.6. The highest BCUT2D eigenvalue weighted by Crippen LogP contribution is 2.14. The van der Waals surface area contributed by atoms with E-state index in [-0.39, 0.29) is 5.91 Å². The van der Waals surface area contributed by atoms with Gasteiger partial charge >= 0.3 is 0 Å². The van der Waals surface area contributed by atoms with E-state index in [9.17, 15) is 4.79 Å². The molecule has 0 bridgehead atoms. The molecular weight excluding hydrogens is 328 g/mol. The van der Waals surface area contributed by atoms with Crippen LogP contribution in [0, 0.1) is 0 Å². The van der Waals surface area contributed by atoms with Gasteiger partial charge in [-0.15, -0.1) is 0 Å². The molecule has 138 valence electrons. The minimum absolute atomic E-state index is 0.0925. The molecule has 1 N–H and O–H groups in total. The van der Waals surface area contributed by atoms with Gasteiger partial charge in [-0.3, -0.25) is 9.69 Å². The van der Waals surface area contributed by atoms with Gasteiger partial charge in [0, 0.05) is 31.7 Å². The van der Waals surface area contributed by atoms with Crippen LogP contribution in [0.1, 0.15) is 28.4 Å². The van der Waals surface area contributed by atoms with Crippen LogP contribution < -0.4 is 10.1 Å². The zero-order chi connectivity index (χ0) is 18.2. The van der Waals surface area contributed by atoms with Gasteiger partial charge < -0.3 is 14.8 Å². The molecule has 3 rings (SSSR count). The van der Waals surface area contributed by atoms with E-state index in [0.29, 0.717) is 24.5 Å². The Morgan fingerprint density at radius 3 is 2.69 bits per heavy atom. The number of benzene rings is 2. The molecule has 0 radical (unpaired) electrons. The molecule has 1 heterocycles. The van der Waals surface area contributed by atoms with Crippen molar-refractivity contribution < 1.29 is 14.3 Å². The Hall–Kier alpha value is -2.37. The number of morpholine rings is 1. The van der Waals surface area contributed by atoms with Crippen molar-refractivity contribution in [2.75, 3.05) is 32.9 Å². The number of hydrogen-bond acceptors (Lipinski definition) is 4. The van der Waals surface area contributed by atoms with Crippen molar-refractivity contribution in [3.8, 4) is 5.75 Å². The summed E-state index contributed by atoms with van der Waals surface area (Å²) in [5, 5.41) is 2.99. The van der Waals surface area contributed by atoms with Crippen LogP contribution in [0.4, 0.5) is 0 Å². The summed E-state index contributed by atoms with van der Waals surface area (Å²) in [6.45, 7) is 7.48. The molecule has 1 amide bonds. The molecule has 1 saturated heterocycles. The first-order valence-corrected chi connectivity index (χ1v) is 9.13. The van der Waals surface area contributed by atoms with Gasteiger partial charge in [0.15, 0.2) is 0 Å². The summed E-state index contributed by atoms with van der Waals surface area (Å²) in [7, 11) is 0. The van der Waals surface area contributed by atoms with E-state index in [4.69, 9.17) is 9.47 Å². The molecule has 1 aliphatic heterocycles. The van der Waals surface area contributed by atoms with Crippen molar-refractivity contribution in [3.63, 3.8) is 0 Å². The zero-order valence-corrected chi connectivity index (χ0v) is 15.2. The number of nitrogens with zero attached hydrogens (tertiary/aromatic N) is 1. The van der Waals surface area contributed by atoms with Crippen molar-refractivity contribution in [3.05, 3.63) is 65.2 Å². The lowest BCUT2D eigenvalue weighted by Gasteiger charge is -2.26. The van der Waals surface area contributed by atoms with E-state index in [0.717, 1.165) is 38.4 Å². The fourth-order valence-electron chi connectivity index (χ4n) is 3.03. The standard InChI is InChI=1S/C21H26N2O3/c1-2-26-20-8-4-7-19(14-20)21(24)22-15-17-5-3-6-18(13-17)16-23-9-11-25-12-10-23/h3-8,13-14H,2,9-12,15-16H2,1H3,(H,22,24). The zero-order valence-electron chi connectivity index (χ0n) is 15.2. The summed E-state index contributed by atoms with van der Waals surface area (Å²) < 4.78 is 10.8. The third kappa shape index (κ3) is 5.31. The van der Waals surface area contributed by atoms with Crippen LogP contribution in [0.15, 0.2) is 48.5 Å². The minimum Gasteiger partial charge on any atom is -0.494 e. The number of nitrogens with one attached hydrogen (secondary N) is 1. The number of carbonyl (C=O) groups is 1. The van der Waals surface area contributed by atoms with Gasteiger partial charge in [-0.05, 0) is 36.2 Å². The average molecular weight is 354 g/mol. The molecule has 2 aromatic rings. The van der Waals surface area contributed by atoms with Crippen LogP contribution in [-0.2, 0) is 17.8 Å². The first kappa shape index (κ1) is 18.4. The molecular formula is C21H26N2O3. The van der Waals surface area contributed by atoms with Crippen molar-refractivity contribution in [2.24, 2.45) is 0 Å². The van der Waals surface area contributed by atoms with Crippen molar-refractivity contribution in [2.45, 2.75) is 20.0 Å². The Morgan fingerprint density at radius 1 is 1.12 bits per heavy atom. The van der Waals surface area contributed by atoms with Gasteiger partial charge in [0.1, 0.15) is 5.75 Å². The number of carbonyl (C=O) groups excluding carboxylic acids is 1. The molecule has 26 heavy (non-hydrogen) atoms. The largest absolute Gasteiger partial charge is 0.494 e. The molecule has 0 atom stereocenters. The van der Waals surface area contributed by atoms with E-state index in [1.54, 1.807) is 12.1 Å². The molecule has 0 saturated carbocycles. The lowest BCUT2D eigenvalue weighted by atomic mass is 10.1. The third-order valence-corrected chi connectivity index (χ3v) is 4.36. The lowest BCUT2D eigenvalue weighted by molar-refractivity contribution is 0.0342. The second-order valence-electron chi connectivity index (χ2n) is 6.35. The summed E-state index contributed by atoms with van der Waals surface area (Å²) in [5.41, 5.74) is 2.97. The van der Waals surface area contributed by atoms with Crippen LogP contribution in [0.2, 0.25) is 0 Å². The molecule has 0 aliphatic carbocycles. The molecule has 2 aromatic carbocycles. The molecule has 5 heteroatoms. The topological polar surface area (TPSA) is 50.8 Å². The van der Waals surface area contributed by atoms with Crippen molar-refractivity contribution in [1.82, 2.24) is 10.2 Å².